The van der Waals surface area contributed by atoms with Crippen LogP contribution in [0.2, 0.25) is 0 Å². The van der Waals surface area contributed by atoms with E-state index in [0.29, 0.717) is 12.6 Å². The Hall–Kier alpha value is -0.930. The highest BCUT2D eigenvalue weighted by Crippen LogP contribution is 2.25. The van der Waals surface area contributed by atoms with Crippen LogP contribution in [0.25, 0.3) is 0 Å². The van der Waals surface area contributed by atoms with Crippen LogP contribution in [-0.2, 0) is 13.1 Å². The second-order valence-corrected chi connectivity index (χ2v) is 4.62. The van der Waals surface area contributed by atoms with E-state index in [1.54, 1.807) is 6.07 Å². The number of nitrogens with two attached hydrogens (primary N) is 1. The molecule has 0 spiro atoms. The van der Waals surface area contributed by atoms with Crippen LogP contribution in [0, 0.1) is 5.82 Å². The summed E-state index contributed by atoms with van der Waals surface area (Å²) in [6, 6.07) is 5.62. The van der Waals surface area contributed by atoms with Gasteiger partial charge in [0.1, 0.15) is 5.82 Å². The van der Waals surface area contributed by atoms with Gasteiger partial charge in [-0.1, -0.05) is 12.5 Å². The van der Waals surface area contributed by atoms with Gasteiger partial charge in [-0.05, 0) is 43.1 Å². The third-order valence-corrected chi connectivity index (χ3v) is 3.51. The van der Waals surface area contributed by atoms with Crippen molar-refractivity contribution >= 4 is 0 Å². The zero-order valence-electron chi connectivity index (χ0n) is 9.75. The van der Waals surface area contributed by atoms with Crippen LogP contribution in [0.5, 0.6) is 0 Å². The standard InChI is InChI=1S/C13H19FN2/c1-16(13-3-2-4-13)9-10-5-6-12(14)7-11(10)8-15/h5-7,13H,2-4,8-9,15H2,1H3. The number of benzene rings is 1. The van der Waals surface area contributed by atoms with Gasteiger partial charge in [-0.3, -0.25) is 4.90 Å². The zero-order chi connectivity index (χ0) is 11.5. The van der Waals surface area contributed by atoms with Crippen LogP contribution < -0.4 is 5.73 Å². The lowest BCUT2D eigenvalue weighted by Gasteiger charge is -2.35. The zero-order valence-corrected chi connectivity index (χ0v) is 9.75. The maximum absolute atomic E-state index is 13.0. The van der Waals surface area contributed by atoms with Gasteiger partial charge in [-0.2, -0.15) is 0 Å². The molecule has 2 N–H and O–H groups in total. The first-order valence-electron chi connectivity index (χ1n) is 5.88. The van der Waals surface area contributed by atoms with Crippen molar-refractivity contribution in [3.05, 3.63) is 35.1 Å². The SMILES string of the molecule is CN(Cc1ccc(F)cc1CN)C1CCC1. The quantitative estimate of drug-likeness (QED) is 0.846. The lowest BCUT2D eigenvalue weighted by Crippen LogP contribution is -2.36. The monoisotopic (exact) mass is 222 g/mol. The number of hydrogen-bond donors (Lipinski definition) is 1. The van der Waals surface area contributed by atoms with Crippen LogP contribution in [-0.4, -0.2) is 18.0 Å². The Balaban J connectivity index is 2.07. The summed E-state index contributed by atoms with van der Waals surface area (Å²) < 4.78 is 13.0. The van der Waals surface area contributed by atoms with Gasteiger partial charge in [-0.25, -0.2) is 4.39 Å². The Morgan fingerprint density at radius 2 is 2.12 bits per heavy atom. The third-order valence-electron chi connectivity index (χ3n) is 3.51. The Kier molecular flexibility index (Phi) is 3.56. The molecule has 0 radical (unpaired) electrons. The molecule has 1 fully saturated rings. The Morgan fingerprint density at radius 1 is 1.38 bits per heavy atom. The second-order valence-electron chi connectivity index (χ2n) is 4.62. The molecule has 0 saturated heterocycles. The molecule has 1 aliphatic carbocycles. The Bertz CT molecular complexity index is 361. The molecule has 1 aromatic carbocycles. The van der Waals surface area contributed by atoms with Crippen molar-refractivity contribution in [2.75, 3.05) is 7.05 Å². The van der Waals surface area contributed by atoms with E-state index in [0.717, 1.165) is 17.7 Å². The highest BCUT2D eigenvalue weighted by Gasteiger charge is 2.22. The predicted octanol–water partition coefficient (Wildman–Crippen LogP) is 2.27. The van der Waals surface area contributed by atoms with Crippen molar-refractivity contribution in [1.82, 2.24) is 4.90 Å². The van der Waals surface area contributed by atoms with Gasteiger partial charge in [-0.15, -0.1) is 0 Å². The number of hydrogen-bond acceptors (Lipinski definition) is 2. The average molecular weight is 222 g/mol. The minimum absolute atomic E-state index is 0.199. The molecule has 16 heavy (non-hydrogen) atoms. The molecular formula is C13H19FN2. The molecule has 0 heterocycles. The maximum Gasteiger partial charge on any atom is 0.123 e. The fraction of sp³-hybridized carbons (Fsp3) is 0.538. The van der Waals surface area contributed by atoms with E-state index in [4.69, 9.17) is 5.73 Å². The third kappa shape index (κ3) is 2.42. The minimum atomic E-state index is -0.199. The Labute approximate surface area is 96.2 Å². The lowest BCUT2D eigenvalue weighted by atomic mass is 9.91. The molecule has 0 aliphatic heterocycles. The van der Waals surface area contributed by atoms with Crippen LogP contribution in [0.15, 0.2) is 18.2 Å². The number of rotatable bonds is 4. The van der Waals surface area contributed by atoms with Crippen molar-refractivity contribution in [3.63, 3.8) is 0 Å². The van der Waals surface area contributed by atoms with Crippen LogP contribution in [0.4, 0.5) is 4.39 Å². The minimum Gasteiger partial charge on any atom is -0.326 e. The molecule has 3 heteroatoms. The van der Waals surface area contributed by atoms with Gasteiger partial charge in [0.25, 0.3) is 0 Å². The van der Waals surface area contributed by atoms with Crippen molar-refractivity contribution in [2.24, 2.45) is 5.73 Å². The van der Waals surface area contributed by atoms with Gasteiger partial charge in [0.05, 0.1) is 0 Å². The molecule has 1 aromatic rings. The first kappa shape index (κ1) is 11.6. The van der Waals surface area contributed by atoms with E-state index in [2.05, 4.69) is 11.9 Å². The summed E-state index contributed by atoms with van der Waals surface area (Å²) in [5.74, 6) is -0.199. The summed E-state index contributed by atoms with van der Waals surface area (Å²) in [5.41, 5.74) is 7.71. The first-order chi connectivity index (χ1) is 7.70. The van der Waals surface area contributed by atoms with Gasteiger partial charge in [0, 0.05) is 19.1 Å². The van der Waals surface area contributed by atoms with Crippen molar-refractivity contribution in [2.45, 2.75) is 38.4 Å². The predicted molar refractivity (Wildman–Crippen MR) is 63.4 cm³/mol. The summed E-state index contributed by atoms with van der Waals surface area (Å²) in [5, 5.41) is 0. The average Bonchev–Trinajstić information content (AvgIpc) is 2.18. The van der Waals surface area contributed by atoms with Gasteiger partial charge < -0.3 is 5.73 Å². The van der Waals surface area contributed by atoms with Crippen LogP contribution in [0.1, 0.15) is 30.4 Å². The summed E-state index contributed by atoms with van der Waals surface area (Å²) in [6.07, 6.45) is 3.91. The van der Waals surface area contributed by atoms with E-state index >= 15 is 0 Å². The van der Waals surface area contributed by atoms with E-state index in [-0.39, 0.29) is 5.82 Å². The molecule has 88 valence electrons. The summed E-state index contributed by atoms with van der Waals surface area (Å²) in [4.78, 5) is 2.34. The number of halogens is 1. The number of nitrogens with zero attached hydrogens (tertiary/aromatic N) is 1. The second kappa shape index (κ2) is 4.93. The Morgan fingerprint density at radius 3 is 2.69 bits per heavy atom. The fourth-order valence-corrected chi connectivity index (χ4v) is 2.16. The lowest BCUT2D eigenvalue weighted by molar-refractivity contribution is 0.152. The highest BCUT2D eigenvalue weighted by atomic mass is 19.1. The molecule has 1 aliphatic rings. The molecule has 2 nitrogen and oxygen atoms in total. The molecule has 0 aromatic heterocycles. The molecule has 2 rings (SSSR count). The summed E-state index contributed by atoms with van der Waals surface area (Å²) >= 11 is 0. The molecule has 0 amide bonds. The molecule has 0 bridgehead atoms. The molecule has 0 unspecified atom stereocenters. The van der Waals surface area contributed by atoms with E-state index < -0.39 is 0 Å². The molecular weight excluding hydrogens is 203 g/mol. The van der Waals surface area contributed by atoms with Gasteiger partial charge in [0.2, 0.25) is 0 Å². The topological polar surface area (TPSA) is 29.3 Å². The molecule has 0 atom stereocenters. The maximum atomic E-state index is 13.0. The van der Waals surface area contributed by atoms with Crippen molar-refractivity contribution < 1.29 is 4.39 Å². The first-order valence-corrected chi connectivity index (χ1v) is 5.88. The summed E-state index contributed by atoms with van der Waals surface area (Å²) in [6.45, 7) is 1.28. The van der Waals surface area contributed by atoms with Gasteiger partial charge >= 0.3 is 0 Å². The van der Waals surface area contributed by atoms with E-state index in [9.17, 15) is 4.39 Å². The van der Waals surface area contributed by atoms with Gasteiger partial charge in [0.15, 0.2) is 0 Å². The van der Waals surface area contributed by atoms with Crippen molar-refractivity contribution in [1.29, 1.82) is 0 Å². The highest BCUT2D eigenvalue weighted by molar-refractivity contribution is 5.27. The molecule has 1 saturated carbocycles. The van der Waals surface area contributed by atoms with E-state index in [1.807, 2.05) is 6.07 Å². The normalized spacial score (nSPS) is 16.5. The smallest absolute Gasteiger partial charge is 0.123 e. The van der Waals surface area contributed by atoms with E-state index in [1.165, 1.54) is 25.3 Å². The largest absolute Gasteiger partial charge is 0.326 e. The fourth-order valence-electron chi connectivity index (χ4n) is 2.16. The van der Waals surface area contributed by atoms with Crippen LogP contribution >= 0.6 is 0 Å². The summed E-state index contributed by atoms with van der Waals surface area (Å²) in [7, 11) is 2.13. The van der Waals surface area contributed by atoms with Crippen LogP contribution in [0.3, 0.4) is 0 Å². The van der Waals surface area contributed by atoms with Crippen molar-refractivity contribution in [3.8, 4) is 0 Å².